The summed E-state index contributed by atoms with van der Waals surface area (Å²) in [5.74, 6) is -7.80. The van der Waals surface area contributed by atoms with Crippen molar-refractivity contribution >= 4 is 0 Å². The highest BCUT2D eigenvalue weighted by molar-refractivity contribution is 5.11. The summed E-state index contributed by atoms with van der Waals surface area (Å²) in [6.45, 7) is 0. The summed E-state index contributed by atoms with van der Waals surface area (Å²) in [6, 6.07) is -3.33. The Kier molecular flexibility index (Phi) is 4.43. The molecule has 0 fully saturated rings. The van der Waals surface area contributed by atoms with Crippen molar-refractivity contribution in [3.8, 4) is 0 Å². The van der Waals surface area contributed by atoms with Crippen LogP contribution in [0.15, 0.2) is 23.7 Å². The number of hydrogen-bond donors (Lipinski definition) is 0. The summed E-state index contributed by atoms with van der Waals surface area (Å²) in [7, 11) is 0. The fraction of sp³-hybridized carbons (Fsp3) is 0.333. The molecule has 17 heavy (non-hydrogen) atoms. The van der Waals surface area contributed by atoms with Crippen LogP contribution >= 0.6 is 0 Å². The Balaban J connectivity index is 5.28. The summed E-state index contributed by atoms with van der Waals surface area (Å²) in [5, 5.41) is 0. The minimum Gasteiger partial charge on any atom is -0.397 e. The molecule has 0 saturated carbocycles. The first kappa shape index (κ1) is 15.6. The largest absolute Gasteiger partial charge is 0.458 e. The zero-order valence-electron chi connectivity index (χ0n) is 7.19. The molecule has 0 aliphatic heterocycles. The van der Waals surface area contributed by atoms with E-state index in [4.69, 9.17) is 0 Å². The second-order valence-corrected chi connectivity index (χ2v) is 2.28. The molecule has 0 saturated heterocycles. The molecule has 11 heteroatoms. The molecule has 100 valence electrons. The second-order valence-electron chi connectivity index (χ2n) is 2.28. The van der Waals surface area contributed by atoms with Crippen molar-refractivity contribution in [1.29, 1.82) is 0 Å². The molecule has 0 heterocycles. The van der Waals surface area contributed by atoms with E-state index in [1.165, 1.54) is 0 Å². The molecule has 0 bridgehead atoms. The molecule has 0 atom stereocenters. The predicted molar refractivity (Wildman–Crippen MR) is 31.7 cm³/mol. The zero-order valence-corrected chi connectivity index (χ0v) is 7.19. The first-order valence-electron chi connectivity index (χ1n) is 3.30. The average molecular weight is 278 g/mol. The maximum absolute atomic E-state index is 12.2. The summed E-state index contributed by atoms with van der Waals surface area (Å²) < 4.78 is 119. The number of hydrogen-bond acceptors (Lipinski definition) is 1. The van der Waals surface area contributed by atoms with Gasteiger partial charge in [0.05, 0.1) is 0 Å². The molecule has 0 unspecified atom stereocenters. The molecular formula is C6F10O. The van der Waals surface area contributed by atoms with Crippen LogP contribution in [0.25, 0.3) is 0 Å². The van der Waals surface area contributed by atoms with E-state index < -0.39 is 36.0 Å². The van der Waals surface area contributed by atoms with Crippen molar-refractivity contribution in [1.82, 2.24) is 0 Å². The number of alkyl halides is 5. The summed E-state index contributed by atoms with van der Waals surface area (Å²) >= 11 is 0. The van der Waals surface area contributed by atoms with Gasteiger partial charge in [0.1, 0.15) is 0 Å². The Labute approximate surface area is 86.0 Å². The smallest absolute Gasteiger partial charge is 0.397 e. The van der Waals surface area contributed by atoms with Gasteiger partial charge in [0.25, 0.3) is 5.83 Å². The van der Waals surface area contributed by atoms with E-state index in [0.717, 1.165) is 0 Å². The Morgan fingerprint density at radius 1 is 0.706 bits per heavy atom. The maximum Gasteiger partial charge on any atom is 0.458 e. The predicted octanol–water partition coefficient (Wildman–Crippen LogP) is 4.34. The van der Waals surface area contributed by atoms with E-state index in [1.807, 2.05) is 0 Å². The molecule has 0 radical (unpaired) electrons. The Morgan fingerprint density at radius 2 is 1.12 bits per heavy atom. The third kappa shape index (κ3) is 4.15. The molecule has 0 rings (SSSR count). The second kappa shape index (κ2) is 4.84. The highest BCUT2D eigenvalue weighted by Crippen LogP contribution is 2.39. The van der Waals surface area contributed by atoms with Crippen molar-refractivity contribution < 1.29 is 48.6 Å². The van der Waals surface area contributed by atoms with Crippen molar-refractivity contribution in [2.75, 3.05) is 0 Å². The van der Waals surface area contributed by atoms with Gasteiger partial charge in [0.2, 0.25) is 5.83 Å². The molecule has 0 aliphatic carbocycles. The molecule has 0 amide bonds. The van der Waals surface area contributed by atoms with E-state index in [2.05, 4.69) is 4.74 Å². The number of halogens is 10. The standard InChI is InChI=1S/C6F10O/c7-1(5(12,13)14)2(8)6(15,16)17-4(11)3(9)10. The highest BCUT2D eigenvalue weighted by Gasteiger charge is 2.50. The van der Waals surface area contributed by atoms with Gasteiger partial charge in [0, 0.05) is 0 Å². The van der Waals surface area contributed by atoms with Crippen LogP contribution in [-0.2, 0) is 4.74 Å². The lowest BCUT2D eigenvalue weighted by Gasteiger charge is -2.15. The summed E-state index contributed by atoms with van der Waals surface area (Å²) in [6.07, 6.45) is -15.5. The van der Waals surface area contributed by atoms with Crippen LogP contribution in [0.1, 0.15) is 0 Å². The van der Waals surface area contributed by atoms with E-state index in [-0.39, 0.29) is 0 Å². The monoisotopic (exact) mass is 278 g/mol. The van der Waals surface area contributed by atoms with Gasteiger partial charge >= 0.3 is 24.4 Å². The fourth-order valence-electron chi connectivity index (χ4n) is 0.448. The van der Waals surface area contributed by atoms with Crippen molar-refractivity contribution in [3.05, 3.63) is 23.7 Å². The van der Waals surface area contributed by atoms with Crippen LogP contribution in [0, 0.1) is 0 Å². The lowest BCUT2D eigenvalue weighted by atomic mass is 10.4. The van der Waals surface area contributed by atoms with E-state index in [9.17, 15) is 43.9 Å². The molecule has 1 nitrogen and oxygen atoms in total. The Hall–Kier alpha value is -1.42. The number of rotatable bonds is 3. The van der Waals surface area contributed by atoms with Gasteiger partial charge in [-0.3, -0.25) is 0 Å². The van der Waals surface area contributed by atoms with E-state index >= 15 is 0 Å². The third-order valence-electron chi connectivity index (χ3n) is 1.06. The van der Waals surface area contributed by atoms with Gasteiger partial charge in [-0.15, -0.1) is 0 Å². The first-order valence-corrected chi connectivity index (χ1v) is 3.30. The molecule has 0 aromatic rings. The van der Waals surface area contributed by atoms with Gasteiger partial charge in [-0.1, -0.05) is 0 Å². The summed E-state index contributed by atoms with van der Waals surface area (Å²) in [4.78, 5) is 0. The van der Waals surface area contributed by atoms with Crippen LogP contribution in [0.5, 0.6) is 0 Å². The lowest BCUT2D eigenvalue weighted by Crippen LogP contribution is -2.25. The SMILES string of the molecule is FC(F)=C(F)OC(F)(F)C(F)=C(F)C(F)(F)F. The molecule has 0 aromatic heterocycles. The van der Waals surface area contributed by atoms with E-state index in [1.54, 1.807) is 0 Å². The number of ether oxygens (including phenoxy) is 1. The number of allylic oxidation sites excluding steroid dienone is 1. The van der Waals surface area contributed by atoms with Crippen LogP contribution in [0.2, 0.25) is 0 Å². The quantitative estimate of drug-likeness (QED) is 0.551. The van der Waals surface area contributed by atoms with Crippen molar-refractivity contribution in [2.24, 2.45) is 0 Å². The zero-order chi connectivity index (χ0) is 14.0. The minimum absolute atomic E-state index is 2.23. The average Bonchev–Trinajstić information content (AvgIpc) is 2.13. The third-order valence-corrected chi connectivity index (χ3v) is 1.06. The molecular weight excluding hydrogens is 278 g/mol. The molecule has 0 spiro atoms. The fourth-order valence-corrected chi connectivity index (χ4v) is 0.448. The van der Waals surface area contributed by atoms with Crippen LogP contribution < -0.4 is 0 Å². The van der Waals surface area contributed by atoms with Crippen molar-refractivity contribution in [2.45, 2.75) is 12.3 Å². The Bertz CT molecular complexity index is 346. The van der Waals surface area contributed by atoms with E-state index in [0.29, 0.717) is 0 Å². The van der Waals surface area contributed by atoms with Gasteiger partial charge in [0.15, 0.2) is 0 Å². The molecule has 0 N–H and O–H groups in total. The van der Waals surface area contributed by atoms with Crippen molar-refractivity contribution in [3.63, 3.8) is 0 Å². The highest BCUT2D eigenvalue weighted by atomic mass is 19.4. The van der Waals surface area contributed by atoms with Gasteiger partial charge in [-0.25, -0.2) is 0 Å². The Morgan fingerprint density at radius 3 is 1.41 bits per heavy atom. The normalized spacial score (nSPS) is 14.2. The topological polar surface area (TPSA) is 9.23 Å². The van der Waals surface area contributed by atoms with Crippen LogP contribution in [-0.4, -0.2) is 12.3 Å². The van der Waals surface area contributed by atoms with Gasteiger partial charge in [-0.2, -0.15) is 43.9 Å². The maximum atomic E-state index is 12.2. The lowest BCUT2D eigenvalue weighted by molar-refractivity contribution is -0.217. The minimum atomic E-state index is -6.13. The van der Waals surface area contributed by atoms with Gasteiger partial charge < -0.3 is 4.74 Å². The van der Waals surface area contributed by atoms with Gasteiger partial charge in [-0.05, 0) is 0 Å². The van der Waals surface area contributed by atoms with Crippen LogP contribution in [0.4, 0.5) is 43.9 Å². The van der Waals surface area contributed by atoms with Crippen LogP contribution in [0.3, 0.4) is 0 Å². The molecule has 0 aromatic carbocycles. The molecule has 0 aliphatic rings. The summed E-state index contributed by atoms with van der Waals surface area (Å²) in [5.41, 5.74) is 0. The first-order chi connectivity index (χ1) is 7.39.